The van der Waals surface area contributed by atoms with Crippen LogP contribution in [0.15, 0.2) is 0 Å². The van der Waals surface area contributed by atoms with Crippen LogP contribution in [0.25, 0.3) is 0 Å². The molecule has 2 atom stereocenters. The van der Waals surface area contributed by atoms with Crippen molar-refractivity contribution in [1.29, 1.82) is 0 Å². The van der Waals surface area contributed by atoms with E-state index in [0.717, 1.165) is 0 Å². The number of aromatic nitrogens is 4. The van der Waals surface area contributed by atoms with Gasteiger partial charge in [0.1, 0.15) is 5.69 Å². The Morgan fingerprint density at radius 2 is 1.34 bits per heavy atom. The minimum absolute atomic E-state index is 0.0216. The molecule has 0 saturated carbocycles. The molecule has 0 saturated heterocycles. The summed E-state index contributed by atoms with van der Waals surface area (Å²) in [4.78, 5) is 23.5. The first-order valence-corrected chi connectivity index (χ1v) is 12.3. The maximum atomic E-state index is 12.8. The lowest BCUT2D eigenvalue weighted by Crippen LogP contribution is -2.29. The third-order valence-electron chi connectivity index (χ3n) is 6.73. The molecule has 0 spiro atoms. The molecule has 0 aromatic carbocycles. The van der Waals surface area contributed by atoms with Gasteiger partial charge in [0, 0.05) is 30.9 Å². The van der Waals surface area contributed by atoms with Crippen LogP contribution >= 0.6 is 0 Å². The molecule has 2 aromatic heterocycles. The third-order valence-corrected chi connectivity index (χ3v) is 6.73. The maximum Gasteiger partial charge on any atom is 0.392 e. The van der Waals surface area contributed by atoms with Crippen LogP contribution in [0, 0.1) is 11.8 Å². The van der Waals surface area contributed by atoms with Crippen LogP contribution in [0.4, 0.5) is 26.3 Å². The molecule has 2 aliphatic carbocycles. The summed E-state index contributed by atoms with van der Waals surface area (Å²) in [5.41, 5.74) is 2.21. The molecule has 2 aromatic rings. The summed E-state index contributed by atoms with van der Waals surface area (Å²) in [6.07, 6.45) is -8.27. The van der Waals surface area contributed by atoms with Crippen molar-refractivity contribution in [2.45, 2.75) is 64.7 Å². The van der Waals surface area contributed by atoms with Gasteiger partial charge in [-0.3, -0.25) is 9.36 Å². The van der Waals surface area contributed by atoms with Gasteiger partial charge in [-0.1, -0.05) is 0 Å². The maximum absolute atomic E-state index is 12.8. The van der Waals surface area contributed by atoms with E-state index in [4.69, 9.17) is 9.47 Å². The van der Waals surface area contributed by atoms with Crippen molar-refractivity contribution in [1.82, 2.24) is 19.6 Å². The van der Waals surface area contributed by atoms with Crippen molar-refractivity contribution in [3.05, 3.63) is 33.9 Å². The van der Waals surface area contributed by atoms with Gasteiger partial charge in [-0.15, -0.1) is 0 Å². The number of carbonyl (C=O) groups is 2. The number of halogens is 6. The van der Waals surface area contributed by atoms with Crippen LogP contribution in [0.3, 0.4) is 0 Å². The predicted molar refractivity (Wildman–Crippen MR) is 121 cm³/mol. The van der Waals surface area contributed by atoms with Gasteiger partial charge in [0.05, 0.1) is 30.7 Å². The lowest BCUT2D eigenvalue weighted by atomic mass is 9.86. The highest BCUT2D eigenvalue weighted by atomic mass is 19.4. The smallest absolute Gasteiger partial charge is 0.392 e. The van der Waals surface area contributed by atoms with E-state index in [2.05, 4.69) is 10.2 Å². The van der Waals surface area contributed by atoms with E-state index in [0.29, 0.717) is 22.5 Å². The molecule has 0 bridgehead atoms. The average Bonchev–Trinajstić information content (AvgIpc) is 3.34. The number of ether oxygens (including phenoxy) is 2. The minimum Gasteiger partial charge on any atom is -0.461 e. The second-order valence-electron chi connectivity index (χ2n) is 9.20. The number of nitrogens with zero attached hydrogens (tertiary/aromatic N) is 4. The van der Waals surface area contributed by atoms with Crippen molar-refractivity contribution in [2.75, 3.05) is 13.2 Å². The minimum atomic E-state index is -4.24. The Morgan fingerprint density at radius 3 is 1.89 bits per heavy atom. The van der Waals surface area contributed by atoms with Gasteiger partial charge in [0.2, 0.25) is 0 Å². The highest BCUT2D eigenvalue weighted by Gasteiger charge is 2.44. The zero-order valence-corrected chi connectivity index (χ0v) is 21.5. The number of hydrogen-bond acceptors (Lipinski definition) is 6. The molecule has 38 heavy (non-hydrogen) atoms. The summed E-state index contributed by atoms with van der Waals surface area (Å²) in [5, 5.41) is 8.12. The van der Waals surface area contributed by atoms with E-state index in [1.165, 1.54) is 9.36 Å². The molecule has 0 radical (unpaired) electrons. The molecular weight excluding hydrogens is 522 g/mol. The fraction of sp³-hybridized carbons (Fsp3) is 0.667. The Hall–Kier alpha value is -3.06. The molecule has 8 nitrogen and oxygen atoms in total. The first kappa shape index (κ1) is 29.5. The number of alkyl halides is 6. The van der Waals surface area contributed by atoms with Gasteiger partial charge < -0.3 is 9.47 Å². The number of esters is 2. The number of rotatable bonds is 4. The first-order chi connectivity index (χ1) is 17.7. The van der Waals surface area contributed by atoms with E-state index >= 15 is 0 Å². The Bertz CT molecular complexity index is 1150. The molecule has 212 valence electrons. The van der Waals surface area contributed by atoms with Crippen LogP contribution in [0.5, 0.6) is 0 Å². The normalized spacial score (nSPS) is 19.1. The van der Waals surface area contributed by atoms with E-state index in [1.807, 2.05) is 0 Å². The molecule has 0 aliphatic heterocycles. The zero-order valence-electron chi connectivity index (χ0n) is 21.5. The summed E-state index contributed by atoms with van der Waals surface area (Å²) < 4.78 is 89.2. The van der Waals surface area contributed by atoms with E-state index < -0.39 is 36.1 Å². The molecule has 0 fully saturated rings. The zero-order chi connectivity index (χ0) is 28.4. The van der Waals surface area contributed by atoms with Crippen LogP contribution in [0.2, 0.25) is 0 Å². The molecule has 4 rings (SSSR count). The predicted octanol–water partition coefficient (Wildman–Crippen LogP) is 4.53. The SMILES string of the molecule is CCOC(=O)c1c2c(nn1C)CC[C@H](C(F)(F)F)C2.CCOC(=O)c1nn(C)c2c1C[C@@H](C(F)(F)F)CC2. The second kappa shape index (κ2) is 11.4. The van der Waals surface area contributed by atoms with Gasteiger partial charge in [-0.05, 0) is 52.4 Å². The highest BCUT2D eigenvalue weighted by Crippen LogP contribution is 2.39. The summed E-state index contributed by atoms with van der Waals surface area (Å²) in [5.74, 6) is -4.07. The molecule has 0 unspecified atom stereocenters. The Kier molecular flexibility index (Phi) is 8.82. The van der Waals surface area contributed by atoms with Gasteiger partial charge in [0.15, 0.2) is 5.69 Å². The molecule has 2 heterocycles. The summed E-state index contributed by atoms with van der Waals surface area (Å²) in [6.45, 7) is 3.65. The summed E-state index contributed by atoms with van der Waals surface area (Å²) in [6, 6.07) is 0. The molecule has 0 amide bonds. The summed E-state index contributed by atoms with van der Waals surface area (Å²) >= 11 is 0. The first-order valence-electron chi connectivity index (χ1n) is 12.3. The van der Waals surface area contributed by atoms with E-state index in [9.17, 15) is 35.9 Å². The third kappa shape index (κ3) is 6.32. The van der Waals surface area contributed by atoms with Crippen molar-refractivity contribution in [3.8, 4) is 0 Å². The number of carbonyl (C=O) groups excluding carboxylic acids is 2. The van der Waals surface area contributed by atoms with Crippen LogP contribution < -0.4 is 0 Å². The Balaban J connectivity index is 0.000000211. The number of fused-ring (bicyclic) bond motifs is 2. The van der Waals surface area contributed by atoms with Gasteiger partial charge >= 0.3 is 24.3 Å². The largest absolute Gasteiger partial charge is 0.461 e. The highest BCUT2D eigenvalue weighted by molar-refractivity contribution is 5.90. The Morgan fingerprint density at radius 1 is 0.816 bits per heavy atom. The van der Waals surface area contributed by atoms with E-state index in [-0.39, 0.29) is 63.1 Å². The monoisotopic (exact) mass is 552 g/mol. The van der Waals surface area contributed by atoms with Gasteiger partial charge in [0.25, 0.3) is 0 Å². The second-order valence-corrected chi connectivity index (χ2v) is 9.20. The average molecular weight is 553 g/mol. The summed E-state index contributed by atoms with van der Waals surface area (Å²) in [7, 11) is 3.18. The van der Waals surface area contributed by atoms with Crippen molar-refractivity contribution < 1.29 is 45.4 Å². The van der Waals surface area contributed by atoms with Gasteiger partial charge in [-0.25, -0.2) is 9.59 Å². The topological polar surface area (TPSA) is 88.2 Å². The lowest BCUT2D eigenvalue weighted by molar-refractivity contribution is -0.177. The fourth-order valence-corrected chi connectivity index (χ4v) is 4.86. The lowest BCUT2D eigenvalue weighted by Gasteiger charge is -2.24. The van der Waals surface area contributed by atoms with Crippen LogP contribution in [0.1, 0.15) is 70.2 Å². The molecule has 2 aliphatic rings. The van der Waals surface area contributed by atoms with Crippen LogP contribution in [-0.4, -0.2) is 57.1 Å². The van der Waals surface area contributed by atoms with E-state index in [1.54, 1.807) is 27.9 Å². The van der Waals surface area contributed by atoms with Crippen LogP contribution in [-0.2, 0) is 49.3 Å². The van der Waals surface area contributed by atoms with Crippen molar-refractivity contribution in [3.63, 3.8) is 0 Å². The molecule has 14 heteroatoms. The quantitative estimate of drug-likeness (QED) is 0.409. The van der Waals surface area contributed by atoms with Gasteiger partial charge in [-0.2, -0.15) is 36.5 Å². The number of hydrogen-bond donors (Lipinski definition) is 0. The standard InChI is InChI=1S/2C12H15F3N2O2/c1-3-19-11(18)10-8-6-7(12(13,14)15)4-5-9(8)17(2)16-10;1-3-19-11(18)10-8-6-7(12(13,14)15)4-5-9(8)16-17(10)2/h2*7H,3-6H2,1-2H3/t2*7-/m00/s1. The fourth-order valence-electron chi connectivity index (χ4n) is 4.86. The van der Waals surface area contributed by atoms with Crippen molar-refractivity contribution in [2.24, 2.45) is 25.9 Å². The molecule has 0 N–H and O–H groups in total. The molecular formula is C24H30F6N4O4. The Labute approximate surface area is 215 Å². The van der Waals surface area contributed by atoms with Crippen molar-refractivity contribution >= 4 is 11.9 Å². The number of aryl methyl sites for hydroxylation is 3.